The van der Waals surface area contributed by atoms with E-state index in [-0.39, 0.29) is 5.91 Å². The van der Waals surface area contributed by atoms with E-state index in [9.17, 15) is 4.79 Å². The zero-order chi connectivity index (χ0) is 15.5. The van der Waals surface area contributed by atoms with Gasteiger partial charge in [0, 0.05) is 18.9 Å². The number of nitrogens with zero attached hydrogens (tertiary/aromatic N) is 2. The van der Waals surface area contributed by atoms with Crippen LogP contribution in [0.5, 0.6) is 0 Å². The fourth-order valence-electron chi connectivity index (χ4n) is 3.11. The van der Waals surface area contributed by atoms with Crippen LogP contribution in [0.2, 0.25) is 5.02 Å². The summed E-state index contributed by atoms with van der Waals surface area (Å²) < 4.78 is 2.13. The average molecular weight is 318 g/mol. The van der Waals surface area contributed by atoms with Crippen molar-refractivity contribution in [2.24, 2.45) is 7.05 Å². The largest absolute Gasteiger partial charge is 0.353 e. The van der Waals surface area contributed by atoms with Crippen molar-refractivity contribution in [3.8, 4) is 0 Å². The molecule has 3 rings (SSSR count). The van der Waals surface area contributed by atoms with Gasteiger partial charge >= 0.3 is 0 Å². The lowest BCUT2D eigenvalue weighted by Crippen LogP contribution is -2.33. The molecule has 116 valence electrons. The van der Waals surface area contributed by atoms with Gasteiger partial charge in [-0.3, -0.25) is 9.69 Å². The smallest absolute Gasteiger partial charge is 0.238 e. The Labute approximate surface area is 135 Å². The van der Waals surface area contributed by atoms with E-state index >= 15 is 0 Å². The van der Waals surface area contributed by atoms with Crippen LogP contribution >= 0.6 is 11.6 Å². The zero-order valence-electron chi connectivity index (χ0n) is 12.6. The number of carbonyl (C=O) groups excluding carboxylic acids is 1. The monoisotopic (exact) mass is 317 g/mol. The number of hydrogen-bond acceptors (Lipinski definition) is 2. The number of rotatable bonds is 4. The first-order valence-corrected chi connectivity index (χ1v) is 7.92. The molecule has 0 bridgehead atoms. The van der Waals surface area contributed by atoms with E-state index in [0.717, 1.165) is 19.4 Å². The average Bonchev–Trinajstić information content (AvgIpc) is 3.10. The minimum atomic E-state index is -0.0193. The van der Waals surface area contributed by atoms with Gasteiger partial charge in [-0.2, -0.15) is 0 Å². The van der Waals surface area contributed by atoms with E-state index < -0.39 is 0 Å². The van der Waals surface area contributed by atoms with Crippen molar-refractivity contribution in [3.05, 3.63) is 53.3 Å². The lowest BCUT2D eigenvalue weighted by atomic mass is 10.1. The molecule has 4 nitrogen and oxygen atoms in total. The second-order valence-corrected chi connectivity index (χ2v) is 6.11. The molecule has 0 aliphatic carbocycles. The Kier molecular flexibility index (Phi) is 4.50. The number of benzene rings is 1. The number of para-hydroxylation sites is 1. The van der Waals surface area contributed by atoms with Crippen molar-refractivity contribution in [3.63, 3.8) is 0 Å². The molecule has 1 N–H and O–H groups in total. The molecule has 0 saturated carbocycles. The predicted molar refractivity (Wildman–Crippen MR) is 89.0 cm³/mol. The molecule has 1 amide bonds. The van der Waals surface area contributed by atoms with Crippen LogP contribution in [-0.4, -0.2) is 28.5 Å². The number of likely N-dealkylation sites (tertiary alicyclic amines) is 1. The van der Waals surface area contributed by atoms with Gasteiger partial charge in [0.15, 0.2) is 0 Å². The Morgan fingerprint density at radius 3 is 2.86 bits per heavy atom. The van der Waals surface area contributed by atoms with Gasteiger partial charge in [-0.05, 0) is 43.7 Å². The number of anilines is 1. The summed E-state index contributed by atoms with van der Waals surface area (Å²) in [7, 11) is 2.05. The SMILES string of the molecule is Cn1cccc1[C@@H]1CCCN1CC(=O)Nc1ccccc1Cl. The first-order chi connectivity index (χ1) is 10.6. The van der Waals surface area contributed by atoms with Gasteiger partial charge in [0.2, 0.25) is 5.91 Å². The topological polar surface area (TPSA) is 37.3 Å². The third kappa shape index (κ3) is 3.18. The number of aromatic nitrogens is 1. The quantitative estimate of drug-likeness (QED) is 0.937. The Balaban J connectivity index is 1.66. The third-order valence-corrected chi connectivity index (χ3v) is 4.51. The Hall–Kier alpha value is -1.78. The Morgan fingerprint density at radius 1 is 1.32 bits per heavy atom. The number of aryl methyl sites for hydroxylation is 1. The molecule has 2 aromatic rings. The van der Waals surface area contributed by atoms with Crippen molar-refractivity contribution in [2.45, 2.75) is 18.9 Å². The molecule has 2 heterocycles. The highest BCUT2D eigenvalue weighted by molar-refractivity contribution is 6.33. The third-order valence-electron chi connectivity index (χ3n) is 4.18. The molecule has 1 aliphatic heterocycles. The van der Waals surface area contributed by atoms with Crippen LogP contribution in [0, 0.1) is 0 Å². The highest BCUT2D eigenvalue weighted by Crippen LogP contribution is 2.31. The molecule has 1 aliphatic rings. The Morgan fingerprint density at radius 2 is 2.14 bits per heavy atom. The molecule has 1 atom stereocenters. The van der Waals surface area contributed by atoms with E-state index in [2.05, 4.69) is 40.2 Å². The lowest BCUT2D eigenvalue weighted by molar-refractivity contribution is -0.117. The molecule has 1 aromatic carbocycles. The van der Waals surface area contributed by atoms with Crippen LogP contribution in [0.3, 0.4) is 0 Å². The molecule has 0 radical (unpaired) electrons. The minimum Gasteiger partial charge on any atom is -0.353 e. The van der Waals surface area contributed by atoms with E-state index in [1.54, 1.807) is 6.07 Å². The van der Waals surface area contributed by atoms with Crippen LogP contribution in [-0.2, 0) is 11.8 Å². The summed E-state index contributed by atoms with van der Waals surface area (Å²) in [6.45, 7) is 1.34. The van der Waals surface area contributed by atoms with Gasteiger partial charge in [-0.25, -0.2) is 0 Å². The summed E-state index contributed by atoms with van der Waals surface area (Å²) in [6.07, 6.45) is 4.27. The maximum atomic E-state index is 12.3. The van der Waals surface area contributed by atoms with Crippen molar-refractivity contribution >= 4 is 23.2 Å². The van der Waals surface area contributed by atoms with Gasteiger partial charge in [0.1, 0.15) is 0 Å². The van der Waals surface area contributed by atoms with Crippen molar-refractivity contribution < 1.29 is 4.79 Å². The van der Waals surface area contributed by atoms with Crippen LogP contribution in [0.25, 0.3) is 0 Å². The van der Waals surface area contributed by atoms with Crippen LogP contribution in [0.1, 0.15) is 24.6 Å². The van der Waals surface area contributed by atoms with Gasteiger partial charge < -0.3 is 9.88 Å². The van der Waals surface area contributed by atoms with E-state index in [1.165, 1.54) is 5.69 Å². The van der Waals surface area contributed by atoms with Crippen LogP contribution in [0.15, 0.2) is 42.6 Å². The number of amides is 1. The standard InChI is InChI=1S/C17H20ClN3O/c1-20-10-4-8-15(20)16-9-5-11-21(16)12-17(22)19-14-7-3-2-6-13(14)18/h2-4,6-8,10,16H,5,9,11-12H2,1H3,(H,19,22)/t16-/m0/s1. The van der Waals surface area contributed by atoms with E-state index in [1.807, 2.05) is 18.2 Å². The molecule has 0 unspecified atom stereocenters. The maximum absolute atomic E-state index is 12.3. The number of halogens is 1. The van der Waals surface area contributed by atoms with E-state index in [4.69, 9.17) is 11.6 Å². The molecule has 0 spiro atoms. The zero-order valence-corrected chi connectivity index (χ0v) is 13.4. The molecule has 5 heteroatoms. The van der Waals surface area contributed by atoms with Gasteiger partial charge in [-0.15, -0.1) is 0 Å². The molecule has 22 heavy (non-hydrogen) atoms. The molecular weight excluding hydrogens is 298 g/mol. The van der Waals surface area contributed by atoms with E-state index in [0.29, 0.717) is 23.3 Å². The molecule has 1 aromatic heterocycles. The highest BCUT2D eigenvalue weighted by Gasteiger charge is 2.28. The number of carbonyl (C=O) groups is 1. The second kappa shape index (κ2) is 6.55. The summed E-state index contributed by atoms with van der Waals surface area (Å²) in [5.74, 6) is -0.0193. The van der Waals surface area contributed by atoms with Gasteiger partial charge in [-0.1, -0.05) is 23.7 Å². The predicted octanol–water partition coefficient (Wildman–Crippen LogP) is 3.45. The summed E-state index contributed by atoms with van der Waals surface area (Å²) in [5, 5.41) is 3.46. The highest BCUT2D eigenvalue weighted by atomic mass is 35.5. The molecular formula is C17H20ClN3O. The minimum absolute atomic E-state index is 0.0193. The second-order valence-electron chi connectivity index (χ2n) is 5.70. The van der Waals surface area contributed by atoms with Crippen LogP contribution < -0.4 is 5.32 Å². The van der Waals surface area contributed by atoms with Crippen molar-refractivity contribution in [1.82, 2.24) is 9.47 Å². The summed E-state index contributed by atoms with van der Waals surface area (Å²) in [4.78, 5) is 14.5. The summed E-state index contributed by atoms with van der Waals surface area (Å²) >= 11 is 6.08. The van der Waals surface area contributed by atoms with Crippen LogP contribution in [0.4, 0.5) is 5.69 Å². The summed E-state index contributed by atoms with van der Waals surface area (Å²) in [5.41, 5.74) is 1.94. The van der Waals surface area contributed by atoms with Crippen molar-refractivity contribution in [1.29, 1.82) is 0 Å². The lowest BCUT2D eigenvalue weighted by Gasteiger charge is -2.24. The number of nitrogens with one attached hydrogen (secondary N) is 1. The molecule has 1 fully saturated rings. The maximum Gasteiger partial charge on any atom is 0.238 e. The van der Waals surface area contributed by atoms with Gasteiger partial charge in [0.25, 0.3) is 0 Å². The summed E-state index contributed by atoms with van der Waals surface area (Å²) in [6, 6.07) is 11.8. The Bertz CT molecular complexity index is 667. The fraction of sp³-hybridized carbons (Fsp3) is 0.353. The normalized spacial score (nSPS) is 18.5. The number of hydrogen-bond donors (Lipinski definition) is 1. The van der Waals surface area contributed by atoms with Crippen molar-refractivity contribution in [2.75, 3.05) is 18.4 Å². The molecule has 1 saturated heterocycles. The fourth-order valence-corrected chi connectivity index (χ4v) is 3.29. The first kappa shape index (κ1) is 15.1. The first-order valence-electron chi connectivity index (χ1n) is 7.55. The van der Waals surface area contributed by atoms with Gasteiger partial charge in [0.05, 0.1) is 23.3 Å².